The van der Waals surface area contributed by atoms with Gasteiger partial charge >= 0.3 is 12.4 Å². The number of aromatic nitrogens is 1. The largest absolute Gasteiger partial charge is 0.573 e. The van der Waals surface area contributed by atoms with Gasteiger partial charge in [0.25, 0.3) is 0 Å². The monoisotopic (exact) mass is 371 g/mol. The van der Waals surface area contributed by atoms with Crippen molar-refractivity contribution in [2.24, 2.45) is 0 Å². The first kappa shape index (κ1) is 15.0. The van der Waals surface area contributed by atoms with E-state index in [1.54, 1.807) is 0 Å². The Morgan fingerprint density at radius 2 is 2.10 bits per heavy atom. The number of oxazole rings is 1. The van der Waals surface area contributed by atoms with E-state index in [1.807, 2.05) is 0 Å². The molecule has 1 aromatic carbocycles. The minimum Gasteiger partial charge on any atom is -0.417 e. The molecule has 108 valence electrons. The summed E-state index contributed by atoms with van der Waals surface area (Å²) in [6, 6.07) is 3.69. The molecule has 0 amide bonds. The molecule has 9 heteroatoms. The van der Waals surface area contributed by atoms with Crippen molar-refractivity contribution < 1.29 is 27.1 Å². The number of ether oxygens (including phenoxy) is 2. The highest BCUT2D eigenvalue weighted by Crippen LogP contribution is 2.34. The summed E-state index contributed by atoms with van der Waals surface area (Å²) in [5.74, 6) is 0.0163. The number of benzene rings is 1. The molecule has 0 saturated heterocycles. The van der Waals surface area contributed by atoms with E-state index in [9.17, 15) is 13.2 Å². The maximum Gasteiger partial charge on any atom is 0.573 e. The maximum atomic E-state index is 12.1. The maximum absolute atomic E-state index is 12.1. The highest BCUT2D eigenvalue weighted by atomic mass is 79.9. The van der Waals surface area contributed by atoms with Crippen molar-refractivity contribution in [2.75, 3.05) is 0 Å². The van der Waals surface area contributed by atoms with Crippen LogP contribution in [0, 0.1) is 0 Å². The average Bonchev–Trinajstić information content (AvgIpc) is 2.79. The van der Waals surface area contributed by atoms with Crippen LogP contribution in [0.2, 0.25) is 0 Å². The molecule has 4 nitrogen and oxygen atoms in total. The predicted octanol–water partition coefficient (Wildman–Crippen LogP) is 4.87. The molecule has 0 N–H and O–H groups in total. The molecular weight excluding hydrogens is 366 g/mol. The minimum atomic E-state index is -4.76. The van der Waals surface area contributed by atoms with Gasteiger partial charge < -0.3 is 13.9 Å². The third kappa shape index (κ3) is 4.04. The van der Waals surface area contributed by atoms with E-state index in [-0.39, 0.29) is 27.9 Å². The van der Waals surface area contributed by atoms with Crippen LogP contribution in [-0.4, -0.2) is 11.3 Å². The minimum absolute atomic E-state index is 0.0583. The van der Waals surface area contributed by atoms with Gasteiger partial charge in [-0.3, -0.25) is 0 Å². The molecule has 0 bridgehead atoms. The van der Waals surface area contributed by atoms with Crippen LogP contribution in [0.4, 0.5) is 13.2 Å². The fraction of sp³-hybridized carbons (Fsp3) is 0.182. The standard InChI is InChI=1S/C11H6BrClF3NO3/c12-8-3-7(1-2-9(8)20-11(14,15)16)19-10-17-6(4-13)5-18-10/h1-3,5H,4H2. The second kappa shape index (κ2) is 5.92. The number of hydrogen-bond acceptors (Lipinski definition) is 4. The molecular formula is C11H6BrClF3NO3. The molecule has 0 spiro atoms. The van der Waals surface area contributed by atoms with Crippen molar-refractivity contribution in [3.05, 3.63) is 34.6 Å². The van der Waals surface area contributed by atoms with E-state index in [2.05, 4.69) is 25.7 Å². The van der Waals surface area contributed by atoms with Crippen molar-refractivity contribution in [3.8, 4) is 17.6 Å². The number of hydrogen-bond donors (Lipinski definition) is 0. The summed E-state index contributed by atoms with van der Waals surface area (Å²) < 4.78 is 50.4. The molecule has 2 rings (SSSR count). The third-order valence-electron chi connectivity index (χ3n) is 2.00. The van der Waals surface area contributed by atoms with Gasteiger partial charge in [0.15, 0.2) is 0 Å². The Labute approximate surface area is 124 Å². The molecule has 0 atom stereocenters. The van der Waals surface area contributed by atoms with Crippen molar-refractivity contribution >= 4 is 27.5 Å². The van der Waals surface area contributed by atoms with Crippen LogP contribution in [0.25, 0.3) is 0 Å². The van der Waals surface area contributed by atoms with Gasteiger partial charge in [0.05, 0.1) is 16.0 Å². The Bertz CT molecular complexity index is 603. The fourth-order valence-corrected chi connectivity index (χ4v) is 1.81. The van der Waals surface area contributed by atoms with Gasteiger partial charge in [-0.05, 0) is 34.1 Å². The first-order valence-corrected chi connectivity index (χ1v) is 6.43. The first-order chi connectivity index (χ1) is 9.37. The molecule has 2 aromatic rings. The van der Waals surface area contributed by atoms with Crippen LogP contribution in [-0.2, 0) is 5.88 Å². The van der Waals surface area contributed by atoms with Gasteiger partial charge in [0.1, 0.15) is 17.8 Å². The van der Waals surface area contributed by atoms with Crippen LogP contribution in [0.1, 0.15) is 5.69 Å². The van der Waals surface area contributed by atoms with Crippen LogP contribution in [0.3, 0.4) is 0 Å². The highest BCUT2D eigenvalue weighted by Gasteiger charge is 2.32. The van der Waals surface area contributed by atoms with E-state index < -0.39 is 6.36 Å². The summed E-state index contributed by atoms with van der Waals surface area (Å²) in [6.45, 7) is 0. The topological polar surface area (TPSA) is 44.5 Å². The Hall–Kier alpha value is -1.41. The van der Waals surface area contributed by atoms with Crippen molar-refractivity contribution in [1.82, 2.24) is 4.98 Å². The van der Waals surface area contributed by atoms with Gasteiger partial charge in [-0.25, -0.2) is 0 Å². The Balaban J connectivity index is 2.12. The zero-order valence-electron chi connectivity index (χ0n) is 9.58. The summed E-state index contributed by atoms with van der Waals surface area (Å²) in [4.78, 5) is 3.89. The molecule has 0 aliphatic rings. The molecule has 0 unspecified atom stereocenters. The predicted molar refractivity (Wildman–Crippen MR) is 67.0 cm³/mol. The van der Waals surface area contributed by atoms with Crippen LogP contribution in [0.15, 0.2) is 33.4 Å². The highest BCUT2D eigenvalue weighted by molar-refractivity contribution is 9.10. The Kier molecular flexibility index (Phi) is 4.44. The van der Waals surface area contributed by atoms with E-state index in [4.69, 9.17) is 20.8 Å². The van der Waals surface area contributed by atoms with E-state index in [0.29, 0.717) is 5.69 Å². The number of nitrogens with zero attached hydrogens (tertiary/aromatic N) is 1. The molecule has 0 aliphatic carbocycles. The van der Waals surface area contributed by atoms with Crippen molar-refractivity contribution in [1.29, 1.82) is 0 Å². The SMILES string of the molecule is FC(F)(F)Oc1ccc(Oc2nc(CCl)co2)cc1Br. The zero-order valence-corrected chi connectivity index (χ0v) is 11.9. The summed E-state index contributed by atoms with van der Waals surface area (Å²) >= 11 is 8.50. The normalized spacial score (nSPS) is 11.4. The lowest BCUT2D eigenvalue weighted by Gasteiger charge is -2.11. The fourth-order valence-electron chi connectivity index (χ4n) is 1.25. The van der Waals surface area contributed by atoms with Crippen LogP contribution >= 0.6 is 27.5 Å². The summed E-state index contributed by atoms with van der Waals surface area (Å²) in [7, 11) is 0. The van der Waals surface area contributed by atoms with Crippen LogP contribution < -0.4 is 9.47 Å². The van der Waals surface area contributed by atoms with Crippen LogP contribution in [0.5, 0.6) is 17.6 Å². The summed E-state index contributed by atoms with van der Waals surface area (Å²) in [5, 5.41) is 0. The average molecular weight is 373 g/mol. The number of halogens is 5. The van der Waals surface area contributed by atoms with Gasteiger partial charge in [-0.15, -0.1) is 24.8 Å². The lowest BCUT2D eigenvalue weighted by molar-refractivity contribution is -0.274. The molecule has 1 aromatic heterocycles. The van der Waals surface area contributed by atoms with Crippen molar-refractivity contribution in [2.45, 2.75) is 12.2 Å². The van der Waals surface area contributed by atoms with E-state index >= 15 is 0 Å². The number of rotatable bonds is 4. The zero-order chi connectivity index (χ0) is 14.8. The Morgan fingerprint density at radius 1 is 1.35 bits per heavy atom. The molecule has 1 heterocycles. The molecule has 0 fully saturated rings. The quantitative estimate of drug-likeness (QED) is 0.719. The summed E-state index contributed by atoms with van der Waals surface area (Å²) in [6.07, 6.45) is -3.50. The Morgan fingerprint density at radius 3 is 2.65 bits per heavy atom. The van der Waals surface area contributed by atoms with Gasteiger partial charge in [-0.1, -0.05) is 0 Å². The molecule has 20 heavy (non-hydrogen) atoms. The number of alkyl halides is 4. The molecule has 0 saturated carbocycles. The first-order valence-electron chi connectivity index (χ1n) is 5.11. The second-order valence-electron chi connectivity index (χ2n) is 3.48. The van der Waals surface area contributed by atoms with E-state index in [0.717, 1.165) is 6.07 Å². The smallest absolute Gasteiger partial charge is 0.417 e. The van der Waals surface area contributed by atoms with Gasteiger partial charge in [-0.2, -0.15) is 4.98 Å². The second-order valence-corrected chi connectivity index (χ2v) is 4.60. The van der Waals surface area contributed by atoms with Gasteiger partial charge in [0.2, 0.25) is 0 Å². The summed E-state index contributed by atoms with van der Waals surface area (Å²) in [5.41, 5.74) is 0.484. The third-order valence-corrected chi connectivity index (χ3v) is 2.90. The van der Waals surface area contributed by atoms with E-state index in [1.165, 1.54) is 18.4 Å². The molecule has 0 radical (unpaired) electrons. The lowest BCUT2D eigenvalue weighted by atomic mass is 10.3. The van der Waals surface area contributed by atoms with Crippen molar-refractivity contribution in [3.63, 3.8) is 0 Å². The molecule has 0 aliphatic heterocycles. The van der Waals surface area contributed by atoms with Gasteiger partial charge in [0, 0.05) is 0 Å². The lowest BCUT2D eigenvalue weighted by Crippen LogP contribution is -2.17.